The molecule has 0 aliphatic heterocycles. The predicted molar refractivity (Wildman–Crippen MR) is 280 cm³/mol. The Balaban J connectivity index is 0.000000433. The quantitative estimate of drug-likeness (QED) is 0.119. The van der Waals surface area contributed by atoms with Gasteiger partial charge in [0.1, 0.15) is 0 Å². The maximum absolute atomic E-state index is 9.63. The van der Waals surface area contributed by atoms with E-state index in [-0.39, 0.29) is 1.43 Å². The molecule has 63 heavy (non-hydrogen) atoms. The van der Waals surface area contributed by atoms with Gasteiger partial charge in [-0.1, -0.05) is 158 Å². The third kappa shape index (κ3) is 22.7. The first-order valence-corrected chi connectivity index (χ1v) is 32.0. The summed E-state index contributed by atoms with van der Waals surface area (Å²) >= 11 is 0. The molecule has 5 aromatic carbocycles. The fraction of sp³-hybridized carbons (Fsp3) is 0.179. The molecule has 0 saturated heterocycles. The van der Waals surface area contributed by atoms with Gasteiger partial charge in [-0.3, -0.25) is 0 Å². The van der Waals surface area contributed by atoms with Crippen molar-refractivity contribution in [3.63, 3.8) is 0 Å². The van der Waals surface area contributed by atoms with Crippen LogP contribution in [0.25, 0.3) is 0 Å². The van der Waals surface area contributed by atoms with Crippen LogP contribution in [-0.2, 0) is 15.1 Å². The van der Waals surface area contributed by atoms with Crippen LogP contribution in [0, 0.1) is 95.2 Å². The molecule has 0 aromatic heterocycles. The SMILES string of the molecule is C#CC#CC#CC#CC#CC#CC#CC#CC.C[Si](C)(O)c1ccccc1.C[Si](C)(OCc1ccccc1)c1ccccc1.C[Si](C)(O[Si](C)(C)c1ccccc1)c1ccccc1.[HH]. The molecule has 0 aliphatic carbocycles. The lowest BCUT2D eigenvalue weighted by Gasteiger charge is -2.34. The molecular weight excluding hydrogens is 833 g/mol. The fourth-order valence-corrected chi connectivity index (χ4v) is 16.2. The van der Waals surface area contributed by atoms with Gasteiger partial charge in [-0.15, -0.1) is 6.42 Å². The maximum Gasteiger partial charge on any atom is 0.218 e. The molecule has 0 aliphatic rings. The van der Waals surface area contributed by atoms with E-state index in [1.165, 1.54) is 21.1 Å². The van der Waals surface area contributed by atoms with E-state index in [0.717, 1.165) is 5.19 Å². The molecule has 0 spiro atoms. The largest absolute Gasteiger partial charge is 0.449 e. The van der Waals surface area contributed by atoms with Crippen molar-refractivity contribution >= 4 is 54.0 Å². The van der Waals surface area contributed by atoms with Gasteiger partial charge < -0.3 is 13.3 Å². The molecule has 0 unspecified atom stereocenters. The molecule has 0 radical (unpaired) electrons. The van der Waals surface area contributed by atoms with E-state index >= 15 is 0 Å². The highest BCUT2D eigenvalue weighted by Crippen LogP contribution is 2.15. The summed E-state index contributed by atoms with van der Waals surface area (Å²) in [5, 5.41) is 5.17. The molecule has 5 aromatic rings. The zero-order valence-electron chi connectivity index (χ0n) is 38.0. The van der Waals surface area contributed by atoms with Crippen molar-refractivity contribution in [1.82, 2.24) is 0 Å². The Hall–Kier alpha value is -6.67. The van der Waals surface area contributed by atoms with Gasteiger partial charge in [0.05, 0.1) is 6.61 Å². The second-order valence-corrected chi connectivity index (χ2v) is 31.0. The molecule has 0 heterocycles. The molecule has 0 atom stereocenters. The zero-order chi connectivity index (χ0) is 46.3. The van der Waals surface area contributed by atoms with Crippen molar-refractivity contribution in [3.05, 3.63) is 157 Å². The van der Waals surface area contributed by atoms with Crippen molar-refractivity contribution in [3.8, 4) is 95.2 Å². The Morgan fingerprint density at radius 3 is 1.00 bits per heavy atom. The number of hydrogen-bond donors (Lipinski definition) is 1. The predicted octanol–water partition coefficient (Wildman–Crippen LogP) is 8.54. The summed E-state index contributed by atoms with van der Waals surface area (Å²) < 4.78 is 12.8. The average molecular weight is 891 g/mol. The average Bonchev–Trinajstić information content (AvgIpc) is 3.29. The van der Waals surface area contributed by atoms with Gasteiger partial charge in [0.2, 0.25) is 33.3 Å². The molecular formula is C56H58O3Si4. The maximum atomic E-state index is 9.63. The van der Waals surface area contributed by atoms with Crippen molar-refractivity contribution in [2.45, 2.75) is 65.9 Å². The molecule has 5 rings (SSSR count). The second-order valence-electron chi connectivity index (χ2n) is 15.4. The molecule has 316 valence electrons. The first-order chi connectivity index (χ1) is 30.1. The molecule has 0 saturated carbocycles. The number of terminal acetylenes is 1. The third-order valence-electron chi connectivity index (χ3n) is 8.79. The summed E-state index contributed by atoms with van der Waals surface area (Å²) in [6.07, 6.45) is 4.88. The van der Waals surface area contributed by atoms with Crippen LogP contribution in [0.2, 0.25) is 52.4 Å². The first-order valence-electron chi connectivity index (χ1n) is 20.3. The Morgan fingerprint density at radius 2 is 0.698 bits per heavy atom. The summed E-state index contributed by atoms with van der Waals surface area (Å²) in [7, 11) is -7.47. The third-order valence-corrected chi connectivity index (χ3v) is 20.7. The lowest BCUT2D eigenvalue weighted by molar-refractivity contribution is 0.304. The van der Waals surface area contributed by atoms with Gasteiger partial charge in [0.15, 0.2) is 0 Å². The monoisotopic (exact) mass is 890 g/mol. The molecule has 7 heteroatoms. The fourth-order valence-electron chi connectivity index (χ4n) is 5.48. The van der Waals surface area contributed by atoms with Crippen LogP contribution in [0.3, 0.4) is 0 Å². The van der Waals surface area contributed by atoms with Gasteiger partial charge in [0.25, 0.3) is 0 Å². The minimum Gasteiger partial charge on any atom is -0.449 e. The van der Waals surface area contributed by atoms with E-state index in [1.807, 2.05) is 55.6 Å². The highest BCUT2D eigenvalue weighted by Gasteiger charge is 2.35. The second kappa shape index (κ2) is 28.8. The van der Waals surface area contributed by atoms with Gasteiger partial charge in [-0.25, -0.2) is 0 Å². The molecule has 0 amide bonds. The normalized spacial score (nSPS) is 9.67. The highest BCUT2D eigenvalue weighted by molar-refractivity contribution is 6.96. The molecule has 0 fully saturated rings. The van der Waals surface area contributed by atoms with Crippen LogP contribution in [-0.4, -0.2) is 38.1 Å². The van der Waals surface area contributed by atoms with E-state index < -0.39 is 33.3 Å². The summed E-state index contributed by atoms with van der Waals surface area (Å²) in [5.41, 5.74) is 1.24. The van der Waals surface area contributed by atoms with Crippen LogP contribution in [0.15, 0.2) is 152 Å². The minimum absolute atomic E-state index is 0. The van der Waals surface area contributed by atoms with E-state index in [9.17, 15) is 4.80 Å². The van der Waals surface area contributed by atoms with E-state index in [1.54, 1.807) is 6.92 Å². The lowest BCUT2D eigenvalue weighted by Crippen LogP contribution is -2.57. The Bertz CT molecular complexity index is 2590. The van der Waals surface area contributed by atoms with E-state index in [0.29, 0.717) is 6.61 Å². The standard InChI is InChI=1S/C17H4.C16H22OSi2.C15H18OSi.C8H12OSi.H2/c1-3-5-7-9-11-13-15-17-16-14-12-10-8-6-4-2;1-18(2,15-11-7-5-8-12-15)17-19(3,4)16-13-9-6-10-14-16;1-17(2,15-11-7-4-8-12-15)16-13-14-9-5-3-6-10-14;1-10(2,9)8-6-4-3-5-7-8;/h1H,2H3;5-14H,1-4H3;3-12H,13H2,1-2H3;3-7,9H,1-2H3;1H. The summed E-state index contributed by atoms with van der Waals surface area (Å²) in [6.45, 7) is 19.9. The van der Waals surface area contributed by atoms with Gasteiger partial charge >= 0.3 is 0 Å². The van der Waals surface area contributed by atoms with Gasteiger partial charge in [-0.2, -0.15) is 0 Å². The number of hydrogen-bond acceptors (Lipinski definition) is 3. The van der Waals surface area contributed by atoms with E-state index in [4.69, 9.17) is 15.0 Å². The van der Waals surface area contributed by atoms with Crippen molar-refractivity contribution in [1.29, 1.82) is 0 Å². The van der Waals surface area contributed by atoms with Gasteiger partial charge in [-0.05, 0) is 168 Å². The zero-order valence-corrected chi connectivity index (χ0v) is 42.0. The molecule has 3 nitrogen and oxygen atoms in total. The summed E-state index contributed by atoms with van der Waals surface area (Å²) in [4.78, 5) is 9.63. The lowest BCUT2D eigenvalue weighted by atomic mass is 10.2. The highest BCUT2D eigenvalue weighted by atomic mass is 28.4. The van der Waals surface area contributed by atoms with Crippen LogP contribution >= 0.6 is 0 Å². The summed E-state index contributed by atoms with van der Waals surface area (Å²) in [5.74, 6) is 36.9. The Labute approximate surface area is 385 Å². The molecule has 0 bridgehead atoms. The Kier molecular flexibility index (Phi) is 24.0. The topological polar surface area (TPSA) is 38.7 Å². The van der Waals surface area contributed by atoms with Crippen LogP contribution in [0.5, 0.6) is 0 Å². The van der Waals surface area contributed by atoms with E-state index in [2.05, 4.69) is 237 Å². The number of benzene rings is 5. The smallest absolute Gasteiger partial charge is 0.218 e. The van der Waals surface area contributed by atoms with Crippen LogP contribution in [0.1, 0.15) is 13.9 Å². The first kappa shape index (κ1) is 52.5. The van der Waals surface area contributed by atoms with Crippen molar-refractivity contribution in [2.75, 3.05) is 0 Å². The van der Waals surface area contributed by atoms with Gasteiger partial charge in [0, 0.05) is 1.43 Å². The number of rotatable bonds is 9. The minimum atomic E-state index is -2.03. The van der Waals surface area contributed by atoms with Crippen LogP contribution in [0.4, 0.5) is 0 Å². The van der Waals surface area contributed by atoms with Crippen molar-refractivity contribution < 1.29 is 14.8 Å². The molecule has 1 N–H and O–H groups in total. The Morgan fingerprint density at radius 1 is 0.413 bits per heavy atom. The summed E-state index contributed by atoms with van der Waals surface area (Å²) in [6, 6.07) is 52.0. The van der Waals surface area contributed by atoms with Crippen molar-refractivity contribution in [2.24, 2.45) is 0 Å². The van der Waals surface area contributed by atoms with Crippen LogP contribution < -0.4 is 20.7 Å².